The lowest BCUT2D eigenvalue weighted by Crippen LogP contribution is -2.17. The zero-order valence-electron chi connectivity index (χ0n) is 12.0. The van der Waals surface area contributed by atoms with Crippen LogP contribution in [-0.2, 0) is 6.18 Å². The van der Waals surface area contributed by atoms with Crippen molar-refractivity contribution in [2.75, 3.05) is 11.9 Å². The number of alkyl halides is 3. The number of hydrogen-bond donors (Lipinski definition) is 1. The van der Waals surface area contributed by atoms with Crippen LogP contribution in [-0.4, -0.2) is 11.5 Å². The summed E-state index contributed by atoms with van der Waals surface area (Å²) in [4.78, 5) is 4.03. The van der Waals surface area contributed by atoms with E-state index in [-0.39, 0.29) is 22.5 Å². The average Bonchev–Trinajstić information content (AvgIpc) is 2.50. The zero-order chi connectivity index (χ0) is 15.9. The summed E-state index contributed by atoms with van der Waals surface area (Å²) in [6.07, 6.45) is -2.73. The molecule has 0 radical (unpaired) electrons. The molecular formula is C16H14F3N3. The van der Waals surface area contributed by atoms with Gasteiger partial charge >= 0.3 is 6.18 Å². The molecule has 3 nitrogen and oxygen atoms in total. The van der Waals surface area contributed by atoms with Crippen molar-refractivity contribution in [1.82, 2.24) is 4.98 Å². The van der Waals surface area contributed by atoms with Crippen LogP contribution in [0.15, 0.2) is 18.2 Å². The van der Waals surface area contributed by atoms with Crippen molar-refractivity contribution in [2.45, 2.75) is 31.9 Å². The molecule has 0 saturated heterocycles. The molecule has 1 aromatic carbocycles. The van der Waals surface area contributed by atoms with Gasteiger partial charge in [-0.15, -0.1) is 0 Å². The Labute approximate surface area is 125 Å². The summed E-state index contributed by atoms with van der Waals surface area (Å²) in [6.45, 7) is 2.83. The van der Waals surface area contributed by atoms with Gasteiger partial charge in [0.15, 0.2) is 0 Å². The number of nitrogens with zero attached hydrogens (tertiary/aromatic N) is 2. The van der Waals surface area contributed by atoms with Gasteiger partial charge in [-0.3, -0.25) is 0 Å². The first-order valence-corrected chi connectivity index (χ1v) is 7.14. The van der Waals surface area contributed by atoms with Crippen molar-refractivity contribution in [2.24, 2.45) is 0 Å². The van der Waals surface area contributed by atoms with Crippen molar-refractivity contribution in [3.63, 3.8) is 0 Å². The van der Waals surface area contributed by atoms with Crippen molar-refractivity contribution in [3.05, 3.63) is 35.0 Å². The molecule has 22 heavy (non-hydrogen) atoms. The molecule has 1 aromatic heterocycles. The Morgan fingerprint density at radius 3 is 2.77 bits per heavy atom. The molecule has 2 aromatic rings. The first kappa shape index (κ1) is 14.6. The second-order valence-corrected chi connectivity index (χ2v) is 5.44. The van der Waals surface area contributed by atoms with Crippen LogP contribution in [0.4, 0.5) is 18.9 Å². The number of nitriles is 1. The highest BCUT2D eigenvalue weighted by atomic mass is 19.4. The van der Waals surface area contributed by atoms with Crippen LogP contribution < -0.4 is 5.32 Å². The third-order valence-corrected chi connectivity index (χ3v) is 4.14. The predicted molar refractivity (Wildman–Crippen MR) is 77.6 cm³/mol. The Morgan fingerprint density at radius 2 is 2.14 bits per heavy atom. The quantitative estimate of drug-likeness (QED) is 0.847. The Bertz CT molecular complexity index is 775. The summed E-state index contributed by atoms with van der Waals surface area (Å²) in [6, 6.07) is 5.74. The molecule has 2 heterocycles. The largest absolute Gasteiger partial charge is 0.417 e. The van der Waals surface area contributed by atoms with Crippen LogP contribution in [0.5, 0.6) is 0 Å². The molecule has 0 aliphatic carbocycles. The molecule has 114 valence electrons. The van der Waals surface area contributed by atoms with E-state index in [9.17, 15) is 13.2 Å². The lowest BCUT2D eigenvalue weighted by molar-refractivity contribution is -0.136. The maximum Gasteiger partial charge on any atom is 0.417 e. The Morgan fingerprint density at radius 1 is 1.36 bits per heavy atom. The lowest BCUT2D eigenvalue weighted by atomic mass is 9.87. The molecule has 0 fully saturated rings. The number of anilines is 1. The fourth-order valence-electron chi connectivity index (χ4n) is 3.03. The van der Waals surface area contributed by atoms with Gasteiger partial charge in [-0.2, -0.15) is 18.4 Å². The second kappa shape index (κ2) is 5.16. The summed E-state index contributed by atoms with van der Waals surface area (Å²) in [5.41, 5.74) is 0.911. The van der Waals surface area contributed by atoms with Gasteiger partial charge in [0.2, 0.25) is 0 Å². The lowest BCUT2D eigenvalue weighted by Gasteiger charge is -2.26. The van der Waals surface area contributed by atoms with Crippen molar-refractivity contribution in [1.29, 1.82) is 5.26 Å². The SMILES string of the molecule is CCC1CCNc2cc3nc(C#N)cc(C(F)(F)F)c3cc21. The van der Waals surface area contributed by atoms with Crippen LogP contribution in [0.1, 0.15) is 42.5 Å². The number of fused-ring (bicyclic) bond motifs is 2. The van der Waals surface area contributed by atoms with E-state index in [0.29, 0.717) is 0 Å². The summed E-state index contributed by atoms with van der Waals surface area (Å²) < 4.78 is 39.9. The maximum absolute atomic E-state index is 13.3. The van der Waals surface area contributed by atoms with Gasteiger partial charge in [-0.25, -0.2) is 4.98 Å². The van der Waals surface area contributed by atoms with Crippen LogP contribution >= 0.6 is 0 Å². The van der Waals surface area contributed by atoms with E-state index in [0.717, 1.165) is 36.7 Å². The Hall–Kier alpha value is -2.29. The molecule has 0 saturated carbocycles. The number of hydrogen-bond acceptors (Lipinski definition) is 3. The zero-order valence-corrected chi connectivity index (χ0v) is 12.0. The minimum absolute atomic E-state index is 0.0624. The van der Waals surface area contributed by atoms with Crippen LogP contribution in [0.25, 0.3) is 10.9 Å². The fraction of sp³-hybridized carbons (Fsp3) is 0.375. The number of benzene rings is 1. The van der Waals surface area contributed by atoms with Gasteiger partial charge < -0.3 is 5.32 Å². The van der Waals surface area contributed by atoms with Gasteiger partial charge in [0.05, 0.1) is 11.1 Å². The molecule has 1 aliphatic heterocycles. The van der Waals surface area contributed by atoms with Crippen LogP contribution in [0.2, 0.25) is 0 Å². The highest BCUT2D eigenvalue weighted by Crippen LogP contribution is 2.40. The molecule has 0 amide bonds. The van der Waals surface area contributed by atoms with Crippen molar-refractivity contribution >= 4 is 16.6 Å². The monoisotopic (exact) mass is 305 g/mol. The third kappa shape index (κ3) is 2.37. The van der Waals surface area contributed by atoms with Gasteiger partial charge in [0, 0.05) is 17.6 Å². The minimum Gasteiger partial charge on any atom is -0.385 e. The van der Waals surface area contributed by atoms with Gasteiger partial charge in [-0.05, 0) is 42.5 Å². The average molecular weight is 305 g/mol. The van der Waals surface area contributed by atoms with E-state index < -0.39 is 11.7 Å². The van der Waals surface area contributed by atoms with Crippen molar-refractivity contribution in [3.8, 4) is 6.07 Å². The number of pyridine rings is 1. The number of rotatable bonds is 1. The van der Waals surface area contributed by atoms with Crippen molar-refractivity contribution < 1.29 is 13.2 Å². The molecule has 6 heteroatoms. The molecule has 1 atom stereocenters. The van der Waals surface area contributed by atoms with E-state index in [1.54, 1.807) is 18.2 Å². The molecular weight excluding hydrogens is 291 g/mol. The van der Waals surface area contributed by atoms with E-state index in [1.807, 2.05) is 6.92 Å². The second-order valence-electron chi connectivity index (χ2n) is 5.44. The first-order valence-electron chi connectivity index (χ1n) is 7.14. The number of aromatic nitrogens is 1. The summed E-state index contributed by atoms with van der Waals surface area (Å²) in [7, 11) is 0. The van der Waals surface area contributed by atoms with E-state index in [2.05, 4.69) is 10.3 Å². The molecule has 3 rings (SSSR count). The molecule has 0 bridgehead atoms. The Kier molecular flexibility index (Phi) is 3.44. The van der Waals surface area contributed by atoms with Crippen LogP contribution in [0, 0.1) is 11.3 Å². The Balaban J connectivity index is 2.33. The highest BCUT2D eigenvalue weighted by Gasteiger charge is 2.34. The van der Waals surface area contributed by atoms with E-state index >= 15 is 0 Å². The number of nitrogens with one attached hydrogen (secondary N) is 1. The minimum atomic E-state index is -4.51. The molecule has 1 aliphatic rings. The topological polar surface area (TPSA) is 48.7 Å². The molecule has 1 N–H and O–H groups in total. The van der Waals surface area contributed by atoms with Crippen LogP contribution in [0.3, 0.4) is 0 Å². The number of halogens is 3. The molecule has 0 spiro atoms. The smallest absolute Gasteiger partial charge is 0.385 e. The predicted octanol–water partition coefficient (Wildman–Crippen LogP) is 4.43. The standard InChI is InChI=1S/C16H14F3N3/c1-2-9-3-4-21-14-7-15-12(6-11(9)14)13(16(17,18)19)5-10(8-20)22-15/h5-7,9,21H,2-4H2,1H3. The normalized spacial score (nSPS) is 17.7. The maximum atomic E-state index is 13.3. The van der Waals surface area contributed by atoms with E-state index in [4.69, 9.17) is 5.26 Å². The summed E-state index contributed by atoms with van der Waals surface area (Å²) in [5, 5.41) is 12.2. The van der Waals surface area contributed by atoms with Gasteiger partial charge in [0.25, 0.3) is 0 Å². The van der Waals surface area contributed by atoms with Gasteiger partial charge in [-0.1, -0.05) is 6.92 Å². The summed E-state index contributed by atoms with van der Waals surface area (Å²) in [5.74, 6) is 0.248. The van der Waals surface area contributed by atoms with Gasteiger partial charge in [0.1, 0.15) is 11.8 Å². The summed E-state index contributed by atoms with van der Waals surface area (Å²) >= 11 is 0. The molecule has 1 unspecified atom stereocenters. The van der Waals surface area contributed by atoms with E-state index in [1.165, 1.54) is 0 Å². The fourth-order valence-corrected chi connectivity index (χ4v) is 3.03. The third-order valence-electron chi connectivity index (χ3n) is 4.14. The first-order chi connectivity index (χ1) is 10.4. The highest BCUT2D eigenvalue weighted by molar-refractivity contribution is 5.88.